The summed E-state index contributed by atoms with van der Waals surface area (Å²) in [4.78, 5) is 27.6. The van der Waals surface area contributed by atoms with Crippen molar-refractivity contribution < 1.29 is 4.74 Å². The molecule has 4 aromatic rings. The zero-order valence-corrected chi connectivity index (χ0v) is 24.0. The third kappa shape index (κ3) is 4.49. The van der Waals surface area contributed by atoms with Gasteiger partial charge in [-0.1, -0.05) is 6.07 Å². The van der Waals surface area contributed by atoms with Gasteiger partial charge in [0, 0.05) is 63.1 Å². The highest BCUT2D eigenvalue weighted by Gasteiger charge is 2.34. The molecular weight excluding hydrogens is 502 g/mol. The van der Waals surface area contributed by atoms with E-state index in [-0.39, 0.29) is 29.9 Å². The summed E-state index contributed by atoms with van der Waals surface area (Å²) in [5, 5.41) is 4.99. The number of aromatic nitrogens is 5. The van der Waals surface area contributed by atoms with Gasteiger partial charge in [0.25, 0.3) is 5.56 Å². The summed E-state index contributed by atoms with van der Waals surface area (Å²) in [5.74, 6) is 0.592. The lowest BCUT2D eigenvalue weighted by Gasteiger charge is -2.47. The first-order chi connectivity index (χ1) is 19.4. The number of aryl methyl sites for hydroxylation is 1. The van der Waals surface area contributed by atoms with Crippen LogP contribution in [0.5, 0.6) is 0 Å². The zero-order valence-electron chi connectivity index (χ0n) is 24.0. The van der Waals surface area contributed by atoms with Crippen LogP contribution in [0.4, 0.5) is 5.69 Å². The van der Waals surface area contributed by atoms with Crippen LogP contribution >= 0.6 is 0 Å². The van der Waals surface area contributed by atoms with Gasteiger partial charge in [-0.05, 0) is 70.6 Å². The van der Waals surface area contributed by atoms with E-state index in [2.05, 4.69) is 53.8 Å². The lowest BCUT2D eigenvalue weighted by atomic mass is 9.99. The summed E-state index contributed by atoms with van der Waals surface area (Å²) >= 11 is 0. The second kappa shape index (κ2) is 9.96. The van der Waals surface area contributed by atoms with Crippen molar-refractivity contribution in [2.45, 2.75) is 83.1 Å². The Morgan fingerprint density at radius 3 is 2.65 bits per heavy atom. The average molecular weight is 542 g/mol. The Morgan fingerprint density at radius 2 is 1.88 bits per heavy atom. The molecule has 9 heteroatoms. The molecule has 2 unspecified atom stereocenters. The Kier molecular flexibility index (Phi) is 6.39. The number of hydrogen-bond donors (Lipinski definition) is 0. The predicted octanol–water partition coefficient (Wildman–Crippen LogP) is 4.91. The molecule has 1 aliphatic carbocycles. The van der Waals surface area contributed by atoms with Gasteiger partial charge in [0.1, 0.15) is 11.7 Å². The topological polar surface area (TPSA) is 81.3 Å². The van der Waals surface area contributed by atoms with Crippen molar-refractivity contribution in [3.8, 4) is 0 Å². The number of rotatable bonds is 5. The van der Waals surface area contributed by atoms with Crippen LogP contribution in [0, 0.1) is 0 Å². The molecule has 3 fully saturated rings. The van der Waals surface area contributed by atoms with Crippen molar-refractivity contribution in [1.29, 1.82) is 0 Å². The standard InChI is InChI=1S/C31H39N7O2/c1-19-17-37(27-14-29(39)35(4)28-18-38(34-31(27)28)30-7-5-6-12-40-30)20(2)16-36(19)21(3)23-10-11-24-25(13-23)33-26(15-32-24)22-8-9-22/h10-11,13-15,18-22,30H,5-9,12,16-17H2,1-4H3/t19-,20+,21?,30?/m1/s1. The lowest BCUT2D eigenvalue weighted by molar-refractivity contribution is -0.0390. The third-order valence-corrected chi connectivity index (χ3v) is 9.26. The highest BCUT2D eigenvalue weighted by Crippen LogP contribution is 2.39. The number of fused-ring (bicyclic) bond motifs is 2. The SMILES string of the molecule is CC(c1ccc2ncc(C3CC3)nc2c1)N1C[C@H](C)N(c2cc(=O)n(C)c3cn(C4CCCCO4)nc23)C[C@H]1C. The maximum absolute atomic E-state index is 13.1. The number of hydrogen-bond acceptors (Lipinski definition) is 7. The number of benzene rings is 1. The van der Waals surface area contributed by atoms with Crippen LogP contribution in [0.3, 0.4) is 0 Å². The highest BCUT2D eigenvalue weighted by atomic mass is 16.5. The summed E-state index contributed by atoms with van der Waals surface area (Å²) in [6, 6.07) is 9.04. The Balaban J connectivity index is 1.16. The molecule has 2 saturated heterocycles. The number of piperazine rings is 1. The van der Waals surface area contributed by atoms with E-state index < -0.39 is 0 Å². The molecule has 1 saturated carbocycles. The predicted molar refractivity (Wildman–Crippen MR) is 157 cm³/mol. The maximum atomic E-state index is 13.1. The van der Waals surface area contributed by atoms with Gasteiger partial charge in [0.15, 0.2) is 0 Å². The van der Waals surface area contributed by atoms with Crippen molar-refractivity contribution in [1.82, 2.24) is 29.2 Å². The minimum Gasteiger partial charge on any atom is -0.364 e. The van der Waals surface area contributed by atoms with Gasteiger partial charge in [0.2, 0.25) is 0 Å². The molecule has 0 amide bonds. The van der Waals surface area contributed by atoms with E-state index >= 15 is 0 Å². The Bertz CT molecular complexity index is 1620. The molecule has 0 radical (unpaired) electrons. The second-order valence-electron chi connectivity index (χ2n) is 12.1. The molecule has 0 spiro atoms. The van der Waals surface area contributed by atoms with E-state index in [0.29, 0.717) is 5.92 Å². The fourth-order valence-corrected chi connectivity index (χ4v) is 6.61. The number of ether oxygens (including phenoxy) is 1. The van der Waals surface area contributed by atoms with Gasteiger partial charge in [-0.2, -0.15) is 5.10 Å². The Morgan fingerprint density at radius 1 is 1.02 bits per heavy atom. The summed E-state index contributed by atoms with van der Waals surface area (Å²) in [5.41, 5.74) is 6.99. The van der Waals surface area contributed by atoms with Gasteiger partial charge in [-0.3, -0.25) is 14.7 Å². The first kappa shape index (κ1) is 25.7. The van der Waals surface area contributed by atoms with Gasteiger partial charge >= 0.3 is 0 Å². The van der Waals surface area contributed by atoms with E-state index in [4.69, 9.17) is 14.8 Å². The molecule has 4 atom stereocenters. The monoisotopic (exact) mass is 541 g/mol. The smallest absolute Gasteiger partial charge is 0.252 e. The molecule has 9 nitrogen and oxygen atoms in total. The fraction of sp³-hybridized carbons (Fsp3) is 0.548. The molecule has 3 aromatic heterocycles. The Hall–Kier alpha value is -3.30. The second-order valence-corrected chi connectivity index (χ2v) is 12.1. The Labute approximate surface area is 234 Å². The molecule has 5 heterocycles. The maximum Gasteiger partial charge on any atom is 0.252 e. The fourth-order valence-electron chi connectivity index (χ4n) is 6.61. The van der Waals surface area contributed by atoms with Gasteiger partial charge in [-0.25, -0.2) is 9.67 Å². The van der Waals surface area contributed by atoms with Crippen LogP contribution < -0.4 is 10.5 Å². The van der Waals surface area contributed by atoms with Crippen molar-refractivity contribution in [2.75, 3.05) is 24.6 Å². The van der Waals surface area contributed by atoms with Crippen LogP contribution in [0.15, 0.2) is 41.5 Å². The molecule has 1 aromatic carbocycles. The molecule has 7 rings (SSSR count). The van der Waals surface area contributed by atoms with E-state index in [9.17, 15) is 4.79 Å². The van der Waals surface area contributed by atoms with Crippen LogP contribution in [-0.2, 0) is 11.8 Å². The van der Waals surface area contributed by atoms with Crippen LogP contribution in [0.25, 0.3) is 22.1 Å². The summed E-state index contributed by atoms with van der Waals surface area (Å²) in [7, 11) is 1.83. The van der Waals surface area contributed by atoms with E-state index in [1.54, 1.807) is 10.6 Å². The van der Waals surface area contributed by atoms with Crippen molar-refractivity contribution >= 4 is 27.8 Å². The average Bonchev–Trinajstić information content (AvgIpc) is 3.73. The number of nitrogens with zero attached hydrogens (tertiary/aromatic N) is 7. The summed E-state index contributed by atoms with van der Waals surface area (Å²) in [6.07, 6.45) is 9.49. The van der Waals surface area contributed by atoms with Crippen molar-refractivity contribution in [3.63, 3.8) is 0 Å². The highest BCUT2D eigenvalue weighted by molar-refractivity contribution is 5.88. The van der Waals surface area contributed by atoms with Crippen LogP contribution in [0.2, 0.25) is 0 Å². The molecule has 210 valence electrons. The molecule has 0 N–H and O–H groups in total. The first-order valence-corrected chi connectivity index (χ1v) is 14.9. The molecular formula is C31H39N7O2. The number of anilines is 1. The van der Waals surface area contributed by atoms with Crippen molar-refractivity contribution in [3.05, 3.63) is 58.3 Å². The van der Waals surface area contributed by atoms with Crippen LogP contribution in [0.1, 0.15) is 82.3 Å². The lowest BCUT2D eigenvalue weighted by Crippen LogP contribution is -2.57. The third-order valence-electron chi connectivity index (χ3n) is 9.26. The van der Waals surface area contributed by atoms with Gasteiger partial charge < -0.3 is 14.2 Å². The minimum atomic E-state index is -0.0647. The van der Waals surface area contributed by atoms with Crippen molar-refractivity contribution in [2.24, 2.45) is 7.05 Å². The largest absolute Gasteiger partial charge is 0.364 e. The normalized spacial score (nSPS) is 25.1. The van der Waals surface area contributed by atoms with Crippen LogP contribution in [-0.4, -0.2) is 61.0 Å². The van der Waals surface area contributed by atoms with E-state index in [1.807, 2.05) is 24.1 Å². The van der Waals surface area contributed by atoms with Gasteiger partial charge in [0.05, 0.1) is 34.1 Å². The van der Waals surface area contributed by atoms with Gasteiger partial charge in [-0.15, -0.1) is 0 Å². The minimum absolute atomic E-state index is 0.00916. The van der Waals surface area contributed by atoms with E-state index in [0.717, 1.165) is 72.4 Å². The molecule has 0 bridgehead atoms. The number of pyridine rings is 1. The van der Waals surface area contributed by atoms with E-state index in [1.165, 1.54) is 18.4 Å². The summed E-state index contributed by atoms with van der Waals surface area (Å²) < 4.78 is 9.63. The summed E-state index contributed by atoms with van der Waals surface area (Å²) in [6.45, 7) is 9.29. The molecule has 3 aliphatic rings. The quantitative estimate of drug-likeness (QED) is 0.355. The zero-order chi connectivity index (χ0) is 27.5. The molecule has 40 heavy (non-hydrogen) atoms. The molecule has 2 aliphatic heterocycles. The first-order valence-electron chi connectivity index (χ1n) is 14.9.